The van der Waals surface area contributed by atoms with E-state index in [2.05, 4.69) is 10.3 Å². The molecule has 0 aliphatic heterocycles. The molecule has 124 valence electrons. The summed E-state index contributed by atoms with van der Waals surface area (Å²) in [5.41, 5.74) is 8.08. The second-order valence-electron chi connectivity index (χ2n) is 5.20. The maximum Gasteiger partial charge on any atom is 0.221 e. The van der Waals surface area contributed by atoms with Crippen molar-refractivity contribution in [2.75, 3.05) is 11.1 Å². The molecule has 5 nitrogen and oxygen atoms in total. The molecular formula is C17H15Cl2N3O2. The number of ketones is 1. The number of nitrogens with two attached hydrogens (primary N) is 1. The van der Waals surface area contributed by atoms with Crippen LogP contribution >= 0.6 is 24.0 Å². The molecule has 0 saturated heterocycles. The zero-order valence-electron chi connectivity index (χ0n) is 12.7. The van der Waals surface area contributed by atoms with Crippen molar-refractivity contribution < 1.29 is 9.59 Å². The molecule has 0 fully saturated rings. The Labute approximate surface area is 149 Å². The van der Waals surface area contributed by atoms with Crippen molar-refractivity contribution in [3.8, 4) is 0 Å². The first kappa shape index (κ1) is 17.8. The number of aromatic nitrogens is 1. The van der Waals surface area contributed by atoms with Gasteiger partial charge in [-0.15, -0.1) is 12.4 Å². The topological polar surface area (TPSA) is 88.0 Å². The van der Waals surface area contributed by atoms with E-state index in [1.54, 1.807) is 42.5 Å². The van der Waals surface area contributed by atoms with E-state index in [1.807, 2.05) is 0 Å². The van der Waals surface area contributed by atoms with Gasteiger partial charge < -0.3 is 16.0 Å². The van der Waals surface area contributed by atoms with Crippen LogP contribution in [-0.2, 0) is 4.79 Å². The number of hydrogen-bond acceptors (Lipinski definition) is 3. The Kier molecular flexibility index (Phi) is 5.17. The molecule has 0 atom stereocenters. The standard InChI is InChI=1S/C17H14ClN3O2.ClH/c1-9(22)20-15-13-6-5-11(18)8-14(13)21-16(15)17(23)10-3-2-4-12(19)7-10;/h2-8,21H,19H2,1H3,(H,20,22);1H. The number of rotatable bonds is 3. The minimum absolute atomic E-state index is 0. The Bertz CT molecular complexity index is 935. The van der Waals surface area contributed by atoms with E-state index >= 15 is 0 Å². The molecule has 3 rings (SSSR count). The average Bonchev–Trinajstić information content (AvgIpc) is 2.83. The van der Waals surface area contributed by atoms with Crippen molar-refractivity contribution in [1.29, 1.82) is 0 Å². The molecule has 4 N–H and O–H groups in total. The summed E-state index contributed by atoms with van der Waals surface area (Å²) >= 11 is 5.99. The fraction of sp³-hybridized carbons (Fsp3) is 0.0588. The van der Waals surface area contributed by atoms with Crippen LogP contribution in [0.4, 0.5) is 11.4 Å². The molecule has 0 bridgehead atoms. The number of hydrogen-bond donors (Lipinski definition) is 3. The van der Waals surface area contributed by atoms with Gasteiger partial charge in [-0.05, 0) is 30.3 Å². The van der Waals surface area contributed by atoms with Gasteiger partial charge in [-0.3, -0.25) is 9.59 Å². The molecule has 3 aromatic rings. The molecule has 2 aromatic carbocycles. The maximum atomic E-state index is 12.8. The smallest absolute Gasteiger partial charge is 0.221 e. The number of nitrogen functional groups attached to an aromatic ring is 1. The van der Waals surface area contributed by atoms with Crippen LogP contribution < -0.4 is 11.1 Å². The molecule has 24 heavy (non-hydrogen) atoms. The number of carbonyl (C=O) groups is 2. The van der Waals surface area contributed by atoms with Crippen molar-refractivity contribution >= 4 is 58.0 Å². The number of anilines is 2. The second kappa shape index (κ2) is 6.95. The van der Waals surface area contributed by atoms with Crippen molar-refractivity contribution in [3.63, 3.8) is 0 Å². The van der Waals surface area contributed by atoms with Crippen LogP contribution in [0, 0.1) is 0 Å². The first-order chi connectivity index (χ1) is 11.0. The molecule has 0 aliphatic carbocycles. The number of fused-ring (bicyclic) bond motifs is 1. The first-order valence-corrected chi connectivity index (χ1v) is 7.32. The largest absolute Gasteiger partial charge is 0.399 e. The van der Waals surface area contributed by atoms with E-state index in [-0.39, 0.29) is 24.1 Å². The highest BCUT2D eigenvalue weighted by atomic mass is 35.5. The van der Waals surface area contributed by atoms with Crippen LogP contribution in [0.3, 0.4) is 0 Å². The van der Waals surface area contributed by atoms with Crippen LogP contribution in [0.5, 0.6) is 0 Å². The molecule has 0 spiro atoms. The normalized spacial score (nSPS) is 10.2. The van der Waals surface area contributed by atoms with Gasteiger partial charge in [0.15, 0.2) is 0 Å². The lowest BCUT2D eigenvalue weighted by molar-refractivity contribution is -0.114. The SMILES string of the molecule is CC(=O)Nc1c(C(=O)c2cccc(N)c2)[nH]c2cc(Cl)ccc12.Cl. The number of amides is 1. The average molecular weight is 364 g/mol. The summed E-state index contributed by atoms with van der Waals surface area (Å²) in [6, 6.07) is 11.9. The molecular weight excluding hydrogens is 349 g/mol. The lowest BCUT2D eigenvalue weighted by Crippen LogP contribution is -2.11. The van der Waals surface area contributed by atoms with Crippen LogP contribution in [0.1, 0.15) is 23.0 Å². The van der Waals surface area contributed by atoms with Gasteiger partial charge in [0.2, 0.25) is 11.7 Å². The quantitative estimate of drug-likeness (QED) is 0.485. The molecule has 1 aromatic heterocycles. The molecule has 0 radical (unpaired) electrons. The van der Waals surface area contributed by atoms with Crippen LogP contribution in [-0.4, -0.2) is 16.7 Å². The second-order valence-corrected chi connectivity index (χ2v) is 5.64. The van der Waals surface area contributed by atoms with E-state index < -0.39 is 0 Å². The van der Waals surface area contributed by atoms with Crippen molar-refractivity contribution in [1.82, 2.24) is 4.98 Å². The van der Waals surface area contributed by atoms with Gasteiger partial charge in [-0.25, -0.2) is 0 Å². The van der Waals surface area contributed by atoms with E-state index in [0.29, 0.717) is 33.2 Å². The van der Waals surface area contributed by atoms with Gasteiger partial charge in [0.25, 0.3) is 0 Å². The summed E-state index contributed by atoms with van der Waals surface area (Å²) < 4.78 is 0. The Hall–Kier alpha value is -2.50. The third kappa shape index (κ3) is 3.37. The maximum absolute atomic E-state index is 12.8. The van der Waals surface area contributed by atoms with Crippen molar-refractivity contribution in [2.45, 2.75) is 6.92 Å². The Morgan fingerprint density at radius 2 is 1.92 bits per heavy atom. The minimum atomic E-state index is -0.262. The highest BCUT2D eigenvalue weighted by Crippen LogP contribution is 2.31. The third-order valence-electron chi connectivity index (χ3n) is 3.44. The van der Waals surface area contributed by atoms with Gasteiger partial charge in [0, 0.05) is 34.1 Å². The summed E-state index contributed by atoms with van der Waals surface area (Å²) in [6.45, 7) is 1.39. The zero-order valence-corrected chi connectivity index (χ0v) is 14.3. The summed E-state index contributed by atoms with van der Waals surface area (Å²) in [4.78, 5) is 27.3. The molecule has 7 heteroatoms. The lowest BCUT2D eigenvalue weighted by atomic mass is 10.1. The molecule has 0 saturated carbocycles. The zero-order chi connectivity index (χ0) is 16.6. The van der Waals surface area contributed by atoms with E-state index in [0.717, 1.165) is 5.39 Å². The highest BCUT2D eigenvalue weighted by Gasteiger charge is 2.20. The molecule has 1 heterocycles. The minimum Gasteiger partial charge on any atom is -0.399 e. The van der Waals surface area contributed by atoms with Gasteiger partial charge >= 0.3 is 0 Å². The van der Waals surface area contributed by atoms with Crippen LogP contribution in [0.2, 0.25) is 5.02 Å². The van der Waals surface area contributed by atoms with Crippen molar-refractivity contribution in [2.24, 2.45) is 0 Å². The van der Waals surface area contributed by atoms with Crippen molar-refractivity contribution in [3.05, 3.63) is 58.7 Å². The van der Waals surface area contributed by atoms with Gasteiger partial charge in [0.1, 0.15) is 5.69 Å². The number of halogens is 2. The Balaban J connectivity index is 0.00000208. The Morgan fingerprint density at radius 1 is 1.17 bits per heavy atom. The summed E-state index contributed by atoms with van der Waals surface area (Å²) in [5.74, 6) is -0.518. The van der Waals surface area contributed by atoms with Crippen LogP contribution in [0.15, 0.2) is 42.5 Å². The van der Waals surface area contributed by atoms with Gasteiger partial charge in [0.05, 0.1) is 5.69 Å². The fourth-order valence-corrected chi connectivity index (χ4v) is 2.64. The number of aromatic amines is 1. The van der Waals surface area contributed by atoms with E-state index in [1.165, 1.54) is 6.92 Å². The number of benzene rings is 2. The predicted molar refractivity (Wildman–Crippen MR) is 99.1 cm³/mol. The third-order valence-corrected chi connectivity index (χ3v) is 3.67. The molecule has 0 unspecified atom stereocenters. The first-order valence-electron chi connectivity index (χ1n) is 6.95. The van der Waals surface area contributed by atoms with Gasteiger partial charge in [-0.2, -0.15) is 0 Å². The number of H-pyrrole nitrogens is 1. The number of carbonyl (C=O) groups excluding carboxylic acids is 2. The highest BCUT2D eigenvalue weighted by molar-refractivity contribution is 6.31. The Morgan fingerprint density at radius 3 is 2.58 bits per heavy atom. The predicted octanol–water partition coefficient (Wildman–Crippen LogP) is 4.01. The summed E-state index contributed by atoms with van der Waals surface area (Å²) in [5, 5.41) is 3.97. The summed E-state index contributed by atoms with van der Waals surface area (Å²) in [6.07, 6.45) is 0. The monoisotopic (exact) mass is 363 g/mol. The number of nitrogens with one attached hydrogen (secondary N) is 2. The fourth-order valence-electron chi connectivity index (χ4n) is 2.47. The lowest BCUT2D eigenvalue weighted by Gasteiger charge is -2.05. The van der Waals surface area contributed by atoms with Gasteiger partial charge in [-0.1, -0.05) is 23.7 Å². The van der Waals surface area contributed by atoms with E-state index in [4.69, 9.17) is 17.3 Å². The summed E-state index contributed by atoms with van der Waals surface area (Å²) in [7, 11) is 0. The van der Waals surface area contributed by atoms with E-state index in [9.17, 15) is 9.59 Å². The molecule has 0 aliphatic rings. The van der Waals surface area contributed by atoms with Crippen LogP contribution in [0.25, 0.3) is 10.9 Å². The molecule has 1 amide bonds.